The van der Waals surface area contributed by atoms with Crippen LogP contribution < -0.4 is 10.1 Å². The van der Waals surface area contributed by atoms with E-state index in [0.717, 1.165) is 24.2 Å². The molecule has 3 nitrogen and oxygen atoms in total. The first-order valence-electron chi connectivity index (χ1n) is 9.38. The van der Waals surface area contributed by atoms with Gasteiger partial charge in [0.2, 0.25) is 5.91 Å². The number of methoxy groups -OCH3 is 1. The number of carbonyl (C=O) groups excluding carboxylic acids is 1. The molecule has 0 heterocycles. The van der Waals surface area contributed by atoms with E-state index in [1.807, 2.05) is 24.3 Å². The molecule has 0 aliphatic heterocycles. The van der Waals surface area contributed by atoms with Crippen LogP contribution >= 0.6 is 0 Å². The first-order valence-corrected chi connectivity index (χ1v) is 9.38. The molecule has 0 radical (unpaired) electrons. The molecule has 1 amide bonds. The molecule has 1 N–H and O–H groups in total. The molecule has 0 spiro atoms. The van der Waals surface area contributed by atoms with E-state index in [1.165, 1.54) is 16.7 Å². The highest BCUT2D eigenvalue weighted by Crippen LogP contribution is 2.24. The summed E-state index contributed by atoms with van der Waals surface area (Å²) in [5.74, 6) is 1.44. The van der Waals surface area contributed by atoms with Crippen LogP contribution in [0, 0.1) is 19.8 Å². The molecule has 0 aliphatic carbocycles. The molecule has 0 saturated carbocycles. The molecule has 0 aromatic heterocycles. The Morgan fingerprint density at radius 2 is 1.73 bits per heavy atom. The summed E-state index contributed by atoms with van der Waals surface area (Å²) in [6.07, 6.45) is 2.19. The fraction of sp³-hybridized carbons (Fsp3) is 0.435. The predicted octanol–water partition coefficient (Wildman–Crippen LogP) is 5.15. The maximum Gasteiger partial charge on any atom is 0.220 e. The average Bonchev–Trinajstić information content (AvgIpc) is 2.62. The van der Waals surface area contributed by atoms with Crippen molar-refractivity contribution in [1.29, 1.82) is 0 Å². The van der Waals surface area contributed by atoms with Crippen molar-refractivity contribution in [1.82, 2.24) is 5.32 Å². The van der Waals surface area contributed by atoms with E-state index >= 15 is 0 Å². The molecule has 0 fully saturated rings. The summed E-state index contributed by atoms with van der Waals surface area (Å²) in [5, 5.41) is 3.22. The Balaban J connectivity index is 1.99. The number of hydrogen-bond donors (Lipinski definition) is 1. The largest absolute Gasteiger partial charge is 0.497 e. The molecule has 1 unspecified atom stereocenters. The number of ether oxygens (including phenoxy) is 1. The standard InChI is InChI=1S/C23H31NO2/c1-16(2)14-22(20-9-11-21(26-5)12-10-20)24-23(25)13-8-19-7-6-17(3)18(4)15-19/h6-7,9-12,15-16,22H,8,13-14H2,1-5H3,(H,24,25). The number of aryl methyl sites for hydroxylation is 3. The quantitative estimate of drug-likeness (QED) is 0.713. The molecule has 2 aromatic rings. The van der Waals surface area contributed by atoms with Gasteiger partial charge >= 0.3 is 0 Å². The highest BCUT2D eigenvalue weighted by molar-refractivity contribution is 5.76. The topological polar surface area (TPSA) is 38.3 Å². The normalized spacial score (nSPS) is 12.1. The van der Waals surface area contributed by atoms with Crippen LogP contribution in [0.4, 0.5) is 0 Å². The fourth-order valence-corrected chi connectivity index (χ4v) is 3.07. The first kappa shape index (κ1) is 20.0. The average molecular weight is 354 g/mol. The van der Waals surface area contributed by atoms with Gasteiger partial charge in [-0.25, -0.2) is 0 Å². The van der Waals surface area contributed by atoms with Crippen molar-refractivity contribution in [2.24, 2.45) is 5.92 Å². The van der Waals surface area contributed by atoms with Gasteiger partial charge in [-0.05, 0) is 67.0 Å². The fourth-order valence-electron chi connectivity index (χ4n) is 3.07. The van der Waals surface area contributed by atoms with Gasteiger partial charge in [-0.15, -0.1) is 0 Å². The van der Waals surface area contributed by atoms with Crippen LogP contribution in [-0.2, 0) is 11.2 Å². The number of hydrogen-bond acceptors (Lipinski definition) is 2. The van der Waals surface area contributed by atoms with Gasteiger partial charge in [-0.1, -0.05) is 44.2 Å². The van der Waals surface area contributed by atoms with Crippen molar-refractivity contribution in [3.63, 3.8) is 0 Å². The third-order valence-electron chi connectivity index (χ3n) is 4.77. The lowest BCUT2D eigenvalue weighted by molar-refractivity contribution is -0.121. The van der Waals surface area contributed by atoms with Gasteiger partial charge in [-0.3, -0.25) is 4.79 Å². The summed E-state index contributed by atoms with van der Waals surface area (Å²) in [7, 11) is 1.66. The molecule has 0 bridgehead atoms. The molecule has 2 aromatic carbocycles. The Morgan fingerprint density at radius 1 is 1.04 bits per heavy atom. The molecule has 0 aliphatic rings. The number of benzene rings is 2. The number of carbonyl (C=O) groups is 1. The van der Waals surface area contributed by atoms with Crippen LogP contribution in [-0.4, -0.2) is 13.0 Å². The SMILES string of the molecule is COc1ccc(C(CC(C)C)NC(=O)CCc2ccc(C)c(C)c2)cc1. The number of nitrogens with one attached hydrogen (secondary N) is 1. The summed E-state index contributed by atoms with van der Waals surface area (Å²) in [6.45, 7) is 8.58. The van der Waals surface area contributed by atoms with Gasteiger partial charge in [-0.2, -0.15) is 0 Å². The van der Waals surface area contributed by atoms with Crippen LogP contribution in [0.15, 0.2) is 42.5 Å². The Bertz CT molecular complexity index is 719. The van der Waals surface area contributed by atoms with E-state index in [0.29, 0.717) is 12.3 Å². The lowest BCUT2D eigenvalue weighted by atomic mass is 9.96. The monoisotopic (exact) mass is 353 g/mol. The summed E-state index contributed by atoms with van der Waals surface area (Å²) in [4.78, 5) is 12.5. The molecule has 0 saturated heterocycles. The minimum atomic E-state index is 0.0353. The van der Waals surface area contributed by atoms with Crippen molar-refractivity contribution in [2.75, 3.05) is 7.11 Å². The van der Waals surface area contributed by atoms with E-state index in [1.54, 1.807) is 7.11 Å². The Labute approximate surface area is 157 Å². The zero-order valence-corrected chi connectivity index (χ0v) is 16.6. The van der Waals surface area contributed by atoms with Gasteiger partial charge in [0.05, 0.1) is 13.2 Å². The molecule has 26 heavy (non-hydrogen) atoms. The van der Waals surface area contributed by atoms with E-state index in [9.17, 15) is 4.79 Å². The molecule has 140 valence electrons. The highest BCUT2D eigenvalue weighted by atomic mass is 16.5. The van der Waals surface area contributed by atoms with Crippen LogP contribution in [0.2, 0.25) is 0 Å². The molecule has 1 atom stereocenters. The lowest BCUT2D eigenvalue weighted by Crippen LogP contribution is -2.29. The zero-order chi connectivity index (χ0) is 19.1. The smallest absolute Gasteiger partial charge is 0.220 e. The summed E-state index contributed by atoms with van der Waals surface area (Å²) < 4.78 is 5.23. The molecular weight excluding hydrogens is 322 g/mol. The Hall–Kier alpha value is -2.29. The second kappa shape index (κ2) is 9.42. The summed E-state index contributed by atoms with van der Waals surface area (Å²) in [6, 6.07) is 14.4. The second-order valence-electron chi connectivity index (χ2n) is 7.44. The van der Waals surface area contributed by atoms with Crippen molar-refractivity contribution >= 4 is 5.91 Å². The second-order valence-corrected chi connectivity index (χ2v) is 7.44. The minimum Gasteiger partial charge on any atom is -0.497 e. The van der Waals surface area contributed by atoms with Gasteiger partial charge < -0.3 is 10.1 Å². The Kier molecular flexibility index (Phi) is 7.26. The summed E-state index contributed by atoms with van der Waals surface area (Å²) >= 11 is 0. The van der Waals surface area contributed by atoms with E-state index < -0.39 is 0 Å². The summed E-state index contributed by atoms with van der Waals surface area (Å²) in [5.41, 5.74) is 4.90. The van der Waals surface area contributed by atoms with Crippen LogP contribution in [0.1, 0.15) is 55.0 Å². The molecule has 2 rings (SSSR count). The van der Waals surface area contributed by atoms with Gasteiger partial charge in [0.15, 0.2) is 0 Å². The van der Waals surface area contributed by atoms with Crippen molar-refractivity contribution < 1.29 is 9.53 Å². The zero-order valence-electron chi connectivity index (χ0n) is 16.6. The number of rotatable bonds is 8. The van der Waals surface area contributed by atoms with E-state index in [4.69, 9.17) is 4.74 Å². The lowest BCUT2D eigenvalue weighted by Gasteiger charge is -2.21. The maximum absolute atomic E-state index is 12.5. The third-order valence-corrected chi connectivity index (χ3v) is 4.77. The van der Waals surface area contributed by atoms with Crippen LogP contribution in [0.5, 0.6) is 5.75 Å². The van der Waals surface area contributed by atoms with E-state index in [2.05, 4.69) is 51.2 Å². The maximum atomic E-state index is 12.5. The van der Waals surface area contributed by atoms with Crippen LogP contribution in [0.25, 0.3) is 0 Å². The minimum absolute atomic E-state index is 0.0353. The third kappa shape index (κ3) is 5.91. The number of amides is 1. The Morgan fingerprint density at radius 3 is 2.31 bits per heavy atom. The van der Waals surface area contributed by atoms with Gasteiger partial charge in [0.1, 0.15) is 5.75 Å². The van der Waals surface area contributed by atoms with Gasteiger partial charge in [0, 0.05) is 6.42 Å². The van der Waals surface area contributed by atoms with Crippen molar-refractivity contribution in [3.05, 3.63) is 64.7 Å². The first-order chi connectivity index (χ1) is 12.4. The molecular formula is C23H31NO2. The van der Waals surface area contributed by atoms with E-state index in [-0.39, 0.29) is 11.9 Å². The molecule has 3 heteroatoms. The van der Waals surface area contributed by atoms with Crippen molar-refractivity contribution in [3.8, 4) is 5.75 Å². The van der Waals surface area contributed by atoms with Crippen molar-refractivity contribution in [2.45, 2.75) is 53.0 Å². The highest BCUT2D eigenvalue weighted by Gasteiger charge is 2.16. The predicted molar refractivity (Wildman–Crippen MR) is 108 cm³/mol. The van der Waals surface area contributed by atoms with Gasteiger partial charge in [0.25, 0.3) is 0 Å². The van der Waals surface area contributed by atoms with Crippen LogP contribution in [0.3, 0.4) is 0 Å².